The molecule has 2 aromatic carbocycles. The summed E-state index contributed by atoms with van der Waals surface area (Å²) < 4.78 is 5.94. The number of aromatic hydroxyl groups is 1. The van der Waals surface area contributed by atoms with Gasteiger partial charge in [-0.05, 0) is 52.7 Å². The fraction of sp³-hybridized carbons (Fsp3) is 0.188. The van der Waals surface area contributed by atoms with Gasteiger partial charge in [0, 0.05) is 5.69 Å². The van der Waals surface area contributed by atoms with E-state index in [0.717, 1.165) is 11.3 Å². The summed E-state index contributed by atoms with van der Waals surface area (Å²) in [6.07, 6.45) is -0.390. The molecule has 1 heterocycles. The van der Waals surface area contributed by atoms with E-state index in [0.29, 0.717) is 22.4 Å². The van der Waals surface area contributed by atoms with Crippen molar-refractivity contribution in [2.75, 3.05) is 11.9 Å². The second-order valence-corrected chi connectivity index (χ2v) is 5.73. The lowest BCUT2D eigenvalue weighted by atomic mass is 10.1. The first-order valence-electron chi connectivity index (χ1n) is 6.91. The van der Waals surface area contributed by atoms with E-state index < -0.39 is 6.17 Å². The van der Waals surface area contributed by atoms with Crippen LogP contribution in [0.25, 0.3) is 0 Å². The van der Waals surface area contributed by atoms with Crippen molar-refractivity contribution in [2.24, 2.45) is 0 Å². The van der Waals surface area contributed by atoms with Crippen LogP contribution in [0.3, 0.4) is 0 Å². The molecule has 114 valence electrons. The van der Waals surface area contributed by atoms with Crippen LogP contribution in [0.2, 0.25) is 0 Å². The third kappa shape index (κ3) is 2.62. The van der Waals surface area contributed by atoms with Crippen molar-refractivity contribution in [3.63, 3.8) is 0 Å². The highest BCUT2D eigenvalue weighted by molar-refractivity contribution is 9.10. The van der Waals surface area contributed by atoms with Gasteiger partial charge in [0.2, 0.25) is 0 Å². The highest BCUT2D eigenvalue weighted by atomic mass is 79.9. The number of amides is 1. The molecular formula is C16H15BrN2O3. The number of fused-ring (bicyclic) bond motifs is 1. The highest BCUT2D eigenvalue weighted by Gasteiger charge is 2.25. The second kappa shape index (κ2) is 5.88. The van der Waals surface area contributed by atoms with Crippen LogP contribution in [0.1, 0.15) is 29.0 Å². The predicted molar refractivity (Wildman–Crippen MR) is 87.2 cm³/mol. The van der Waals surface area contributed by atoms with Gasteiger partial charge in [-0.1, -0.05) is 12.1 Å². The largest absolute Gasteiger partial charge is 0.503 e. The van der Waals surface area contributed by atoms with Crippen molar-refractivity contribution in [1.29, 1.82) is 0 Å². The number of rotatable bonds is 3. The topological polar surface area (TPSA) is 70.6 Å². The minimum atomic E-state index is -0.390. The molecule has 1 atom stereocenters. The van der Waals surface area contributed by atoms with Crippen LogP contribution in [-0.4, -0.2) is 17.6 Å². The predicted octanol–water partition coefficient (Wildman–Crippen LogP) is 3.41. The number of phenols is 1. The van der Waals surface area contributed by atoms with Crippen LogP contribution in [0.15, 0.2) is 40.9 Å². The van der Waals surface area contributed by atoms with Crippen LogP contribution in [0.5, 0.6) is 11.5 Å². The van der Waals surface area contributed by atoms with E-state index in [-0.39, 0.29) is 11.7 Å². The summed E-state index contributed by atoms with van der Waals surface area (Å²) in [5.74, 6) is 0.288. The Morgan fingerprint density at radius 3 is 2.82 bits per heavy atom. The van der Waals surface area contributed by atoms with E-state index in [4.69, 9.17) is 4.74 Å². The van der Waals surface area contributed by atoms with Gasteiger partial charge in [0.05, 0.1) is 16.6 Å². The molecule has 3 rings (SSSR count). The van der Waals surface area contributed by atoms with Crippen LogP contribution < -0.4 is 15.4 Å². The Labute approximate surface area is 136 Å². The maximum absolute atomic E-state index is 12.2. The molecule has 0 aliphatic carbocycles. The first-order chi connectivity index (χ1) is 10.6. The smallest absolute Gasteiger partial charge is 0.255 e. The standard InChI is InChI=1S/C16H15BrN2O3/c1-2-22-13-8-9(7-11(17)14(13)20)15-18-12-6-4-3-5-10(12)16(21)19-15/h3-8,15,18,20H,2H2,1H3,(H,19,21). The Bertz CT molecular complexity index is 733. The molecule has 1 aliphatic rings. The van der Waals surface area contributed by atoms with Gasteiger partial charge < -0.3 is 20.5 Å². The maximum Gasteiger partial charge on any atom is 0.255 e. The average molecular weight is 363 g/mol. The van der Waals surface area contributed by atoms with Crippen LogP contribution in [-0.2, 0) is 0 Å². The third-order valence-corrected chi connectivity index (χ3v) is 4.04. The lowest BCUT2D eigenvalue weighted by molar-refractivity contribution is 0.0935. The SMILES string of the molecule is CCOc1cc(C2NC(=O)c3ccccc3N2)cc(Br)c1O. The Morgan fingerprint density at radius 2 is 2.05 bits per heavy atom. The molecule has 3 N–H and O–H groups in total. The lowest BCUT2D eigenvalue weighted by Gasteiger charge is -2.28. The quantitative estimate of drug-likeness (QED) is 0.782. The number of para-hydroxylation sites is 1. The number of nitrogens with one attached hydrogen (secondary N) is 2. The minimum Gasteiger partial charge on any atom is -0.503 e. The zero-order valence-corrected chi connectivity index (χ0v) is 13.5. The molecule has 0 radical (unpaired) electrons. The molecule has 1 amide bonds. The van der Waals surface area contributed by atoms with E-state index in [1.807, 2.05) is 25.1 Å². The molecular weight excluding hydrogens is 348 g/mol. The summed E-state index contributed by atoms with van der Waals surface area (Å²) in [6.45, 7) is 2.29. The molecule has 0 spiro atoms. The summed E-state index contributed by atoms with van der Waals surface area (Å²) in [7, 11) is 0. The van der Waals surface area contributed by atoms with Gasteiger partial charge in [-0.2, -0.15) is 0 Å². The fourth-order valence-electron chi connectivity index (χ4n) is 2.40. The molecule has 0 aromatic heterocycles. The van der Waals surface area contributed by atoms with Crippen LogP contribution in [0.4, 0.5) is 5.69 Å². The Hall–Kier alpha value is -2.21. The van der Waals surface area contributed by atoms with Gasteiger partial charge in [0.25, 0.3) is 5.91 Å². The molecule has 22 heavy (non-hydrogen) atoms. The van der Waals surface area contributed by atoms with Gasteiger partial charge in [0.15, 0.2) is 11.5 Å². The molecule has 6 heteroatoms. The number of carbonyl (C=O) groups excluding carboxylic acids is 1. The number of hydrogen-bond donors (Lipinski definition) is 3. The molecule has 0 bridgehead atoms. The Kier molecular flexibility index (Phi) is 3.94. The fourth-order valence-corrected chi connectivity index (χ4v) is 2.86. The van der Waals surface area contributed by atoms with Gasteiger partial charge in [0.1, 0.15) is 6.17 Å². The Morgan fingerprint density at radius 1 is 1.27 bits per heavy atom. The van der Waals surface area contributed by atoms with Crippen molar-refractivity contribution in [3.05, 3.63) is 52.0 Å². The summed E-state index contributed by atoms with van der Waals surface area (Å²) >= 11 is 3.31. The van der Waals surface area contributed by atoms with Crippen molar-refractivity contribution in [1.82, 2.24) is 5.32 Å². The number of carbonyl (C=O) groups is 1. The monoisotopic (exact) mass is 362 g/mol. The number of anilines is 1. The number of benzene rings is 2. The first kappa shape index (κ1) is 14.7. The average Bonchev–Trinajstić information content (AvgIpc) is 2.52. The zero-order valence-electron chi connectivity index (χ0n) is 11.9. The molecule has 1 unspecified atom stereocenters. The van der Waals surface area contributed by atoms with E-state index in [2.05, 4.69) is 26.6 Å². The Balaban J connectivity index is 1.97. The van der Waals surface area contributed by atoms with Gasteiger partial charge in [-0.15, -0.1) is 0 Å². The molecule has 0 fully saturated rings. The van der Waals surface area contributed by atoms with Crippen molar-refractivity contribution in [2.45, 2.75) is 13.1 Å². The zero-order chi connectivity index (χ0) is 15.7. The minimum absolute atomic E-state index is 0.0492. The third-order valence-electron chi connectivity index (χ3n) is 3.43. The van der Waals surface area contributed by atoms with E-state index >= 15 is 0 Å². The van der Waals surface area contributed by atoms with Gasteiger partial charge in [-0.25, -0.2) is 0 Å². The number of ether oxygens (including phenoxy) is 1. The highest BCUT2D eigenvalue weighted by Crippen LogP contribution is 2.38. The normalized spacial score (nSPS) is 16.5. The maximum atomic E-state index is 12.2. The first-order valence-corrected chi connectivity index (χ1v) is 7.71. The second-order valence-electron chi connectivity index (χ2n) is 4.88. The molecule has 5 nitrogen and oxygen atoms in total. The van der Waals surface area contributed by atoms with E-state index in [1.165, 1.54) is 0 Å². The number of phenolic OH excluding ortho intramolecular Hbond substituents is 1. The number of hydrogen-bond acceptors (Lipinski definition) is 4. The molecule has 0 saturated carbocycles. The summed E-state index contributed by atoms with van der Waals surface area (Å²) in [4.78, 5) is 12.2. The van der Waals surface area contributed by atoms with E-state index in [1.54, 1.807) is 18.2 Å². The molecule has 2 aromatic rings. The van der Waals surface area contributed by atoms with Gasteiger partial charge in [-0.3, -0.25) is 4.79 Å². The summed E-state index contributed by atoms with van der Waals surface area (Å²) in [5.41, 5.74) is 2.18. The van der Waals surface area contributed by atoms with Crippen LogP contribution >= 0.6 is 15.9 Å². The van der Waals surface area contributed by atoms with Crippen molar-refractivity contribution >= 4 is 27.5 Å². The number of halogens is 1. The van der Waals surface area contributed by atoms with Crippen molar-refractivity contribution < 1.29 is 14.6 Å². The van der Waals surface area contributed by atoms with Gasteiger partial charge >= 0.3 is 0 Å². The molecule has 1 aliphatic heterocycles. The summed E-state index contributed by atoms with van der Waals surface area (Å²) in [6, 6.07) is 10.8. The van der Waals surface area contributed by atoms with E-state index in [9.17, 15) is 9.90 Å². The summed E-state index contributed by atoms with van der Waals surface area (Å²) in [5, 5.41) is 16.1. The van der Waals surface area contributed by atoms with Crippen molar-refractivity contribution in [3.8, 4) is 11.5 Å². The molecule has 0 saturated heterocycles. The lowest BCUT2D eigenvalue weighted by Crippen LogP contribution is -2.38. The van der Waals surface area contributed by atoms with Crippen LogP contribution in [0, 0.1) is 0 Å².